The van der Waals surface area contributed by atoms with Gasteiger partial charge in [-0.1, -0.05) is 31.4 Å². The second kappa shape index (κ2) is 6.78. The first-order valence-electron chi connectivity index (χ1n) is 7.11. The Bertz CT molecular complexity index is 516. The summed E-state index contributed by atoms with van der Waals surface area (Å²) in [5, 5.41) is 2.89. The number of alkyl halides is 3. The van der Waals surface area contributed by atoms with Crippen LogP contribution in [0.2, 0.25) is 0 Å². The van der Waals surface area contributed by atoms with E-state index in [4.69, 9.17) is 0 Å². The largest absolute Gasteiger partial charge is 0.416 e. The number of carbonyl (C=O) groups is 1. The lowest BCUT2D eigenvalue weighted by molar-refractivity contribution is -0.137. The van der Waals surface area contributed by atoms with Crippen molar-refractivity contribution in [3.8, 4) is 0 Å². The zero-order valence-electron chi connectivity index (χ0n) is 11.6. The highest BCUT2D eigenvalue weighted by molar-refractivity contribution is 5.91. The fraction of sp³-hybridized carbons (Fsp3) is 0.438. The molecule has 21 heavy (non-hydrogen) atoms. The molecule has 2 nitrogen and oxygen atoms in total. The van der Waals surface area contributed by atoms with E-state index in [0.29, 0.717) is 5.56 Å². The summed E-state index contributed by atoms with van der Waals surface area (Å²) in [6, 6.07) is 5.11. The van der Waals surface area contributed by atoms with Crippen molar-refractivity contribution >= 4 is 12.0 Å². The maximum atomic E-state index is 12.6. The fourth-order valence-corrected chi connectivity index (χ4v) is 2.49. The molecule has 1 N–H and O–H groups in total. The average Bonchev–Trinajstić information content (AvgIpc) is 2.46. The number of halogens is 3. The van der Waals surface area contributed by atoms with Crippen LogP contribution in [0.25, 0.3) is 6.08 Å². The van der Waals surface area contributed by atoms with Gasteiger partial charge in [-0.3, -0.25) is 4.79 Å². The number of amides is 1. The van der Waals surface area contributed by atoms with Gasteiger partial charge in [0.1, 0.15) is 0 Å². The molecule has 1 aliphatic carbocycles. The third-order valence-electron chi connectivity index (χ3n) is 3.59. The second-order valence-corrected chi connectivity index (χ2v) is 5.30. The Hall–Kier alpha value is -1.78. The summed E-state index contributed by atoms with van der Waals surface area (Å²) in [6.45, 7) is 0. The first-order chi connectivity index (χ1) is 9.95. The quantitative estimate of drug-likeness (QED) is 0.834. The van der Waals surface area contributed by atoms with E-state index in [9.17, 15) is 18.0 Å². The minimum Gasteiger partial charge on any atom is -0.350 e. The average molecular weight is 297 g/mol. The van der Waals surface area contributed by atoms with Gasteiger partial charge in [0.2, 0.25) is 5.91 Å². The molecule has 1 aliphatic rings. The molecule has 0 radical (unpaired) electrons. The van der Waals surface area contributed by atoms with Crippen LogP contribution in [0.3, 0.4) is 0 Å². The lowest BCUT2D eigenvalue weighted by Gasteiger charge is -2.21. The zero-order valence-corrected chi connectivity index (χ0v) is 11.6. The molecular weight excluding hydrogens is 279 g/mol. The molecule has 1 saturated carbocycles. The summed E-state index contributed by atoms with van der Waals surface area (Å²) in [5.74, 6) is -0.251. The van der Waals surface area contributed by atoms with Gasteiger partial charge in [-0.25, -0.2) is 0 Å². The van der Waals surface area contributed by atoms with Gasteiger partial charge in [-0.15, -0.1) is 0 Å². The summed E-state index contributed by atoms with van der Waals surface area (Å²) in [5.41, 5.74) is -0.346. The number of hydrogen-bond acceptors (Lipinski definition) is 1. The van der Waals surface area contributed by atoms with Gasteiger partial charge in [0, 0.05) is 12.1 Å². The normalized spacial score (nSPS) is 17.1. The van der Waals surface area contributed by atoms with Crippen LogP contribution in [-0.4, -0.2) is 11.9 Å². The number of benzene rings is 1. The van der Waals surface area contributed by atoms with Crippen LogP contribution in [0.15, 0.2) is 30.3 Å². The Morgan fingerprint density at radius 2 is 1.90 bits per heavy atom. The minimum atomic E-state index is -4.37. The molecular formula is C16H18F3NO. The Morgan fingerprint density at radius 3 is 2.57 bits per heavy atom. The fourth-order valence-electron chi connectivity index (χ4n) is 2.49. The second-order valence-electron chi connectivity index (χ2n) is 5.30. The smallest absolute Gasteiger partial charge is 0.350 e. The van der Waals surface area contributed by atoms with E-state index in [1.54, 1.807) is 6.07 Å². The molecule has 0 aliphatic heterocycles. The van der Waals surface area contributed by atoms with E-state index in [1.807, 2.05) is 0 Å². The van der Waals surface area contributed by atoms with Crippen LogP contribution in [0.4, 0.5) is 13.2 Å². The van der Waals surface area contributed by atoms with Crippen LogP contribution >= 0.6 is 0 Å². The van der Waals surface area contributed by atoms with Crippen molar-refractivity contribution in [3.05, 3.63) is 41.5 Å². The Balaban J connectivity index is 1.95. The summed E-state index contributed by atoms with van der Waals surface area (Å²) >= 11 is 0. The lowest BCUT2D eigenvalue weighted by atomic mass is 9.95. The molecule has 0 heterocycles. The van der Waals surface area contributed by atoms with E-state index < -0.39 is 11.7 Å². The summed E-state index contributed by atoms with van der Waals surface area (Å²) in [4.78, 5) is 11.7. The highest BCUT2D eigenvalue weighted by atomic mass is 19.4. The number of carbonyl (C=O) groups excluding carboxylic acids is 1. The maximum absolute atomic E-state index is 12.6. The van der Waals surface area contributed by atoms with Crippen molar-refractivity contribution < 1.29 is 18.0 Å². The van der Waals surface area contributed by atoms with Crippen molar-refractivity contribution in [1.82, 2.24) is 5.32 Å². The van der Waals surface area contributed by atoms with Gasteiger partial charge in [0.05, 0.1) is 5.56 Å². The first-order valence-corrected chi connectivity index (χ1v) is 7.11. The number of rotatable bonds is 3. The molecule has 1 aromatic rings. The molecule has 1 fully saturated rings. The third-order valence-corrected chi connectivity index (χ3v) is 3.59. The van der Waals surface area contributed by atoms with Gasteiger partial charge < -0.3 is 5.32 Å². The first kappa shape index (κ1) is 15.6. The molecule has 0 saturated heterocycles. The highest BCUT2D eigenvalue weighted by Crippen LogP contribution is 2.29. The predicted molar refractivity (Wildman–Crippen MR) is 75.5 cm³/mol. The molecule has 0 aromatic heterocycles. The van der Waals surface area contributed by atoms with Crippen LogP contribution in [-0.2, 0) is 11.0 Å². The molecule has 1 aromatic carbocycles. The topological polar surface area (TPSA) is 29.1 Å². The van der Waals surface area contributed by atoms with Crippen LogP contribution in [0, 0.1) is 0 Å². The molecule has 0 spiro atoms. The van der Waals surface area contributed by atoms with Gasteiger partial charge in [0.25, 0.3) is 0 Å². The summed E-state index contributed by atoms with van der Waals surface area (Å²) in [6.07, 6.45) is 3.72. The Morgan fingerprint density at radius 1 is 1.19 bits per heavy atom. The van der Waals surface area contributed by atoms with E-state index >= 15 is 0 Å². The molecule has 5 heteroatoms. The van der Waals surface area contributed by atoms with Gasteiger partial charge in [0.15, 0.2) is 0 Å². The lowest BCUT2D eigenvalue weighted by Crippen LogP contribution is -2.34. The Labute approximate surface area is 122 Å². The number of nitrogens with one attached hydrogen (secondary N) is 1. The van der Waals surface area contributed by atoms with Gasteiger partial charge in [-0.05, 0) is 36.6 Å². The van der Waals surface area contributed by atoms with Crippen LogP contribution in [0.5, 0.6) is 0 Å². The molecule has 114 valence electrons. The molecule has 0 bridgehead atoms. The zero-order chi connectivity index (χ0) is 15.3. The van der Waals surface area contributed by atoms with E-state index in [0.717, 1.165) is 37.8 Å². The third kappa shape index (κ3) is 4.92. The Kier molecular flexibility index (Phi) is 5.04. The highest BCUT2D eigenvalue weighted by Gasteiger charge is 2.30. The monoisotopic (exact) mass is 297 g/mol. The predicted octanol–water partition coefficient (Wildman–Crippen LogP) is 4.17. The SMILES string of the molecule is O=C(/C=C/c1cccc(C(F)(F)F)c1)NC1CCCCC1. The maximum Gasteiger partial charge on any atom is 0.416 e. The van der Waals surface area contributed by atoms with Crippen molar-refractivity contribution in [1.29, 1.82) is 0 Å². The van der Waals surface area contributed by atoms with Crippen molar-refractivity contribution in [3.63, 3.8) is 0 Å². The number of hydrogen-bond donors (Lipinski definition) is 1. The van der Waals surface area contributed by atoms with Gasteiger partial charge >= 0.3 is 6.18 Å². The molecule has 0 atom stereocenters. The summed E-state index contributed by atoms with van der Waals surface area (Å²) < 4.78 is 37.7. The summed E-state index contributed by atoms with van der Waals surface area (Å²) in [7, 11) is 0. The standard InChI is InChI=1S/C16H18F3NO/c17-16(18,19)13-6-4-5-12(11-13)9-10-15(21)20-14-7-2-1-3-8-14/h4-6,9-11,14H,1-3,7-8H2,(H,20,21)/b10-9+. The van der Waals surface area contributed by atoms with Crippen LogP contribution < -0.4 is 5.32 Å². The van der Waals surface area contributed by atoms with Crippen LogP contribution in [0.1, 0.15) is 43.2 Å². The van der Waals surface area contributed by atoms with Crippen molar-refractivity contribution in [2.75, 3.05) is 0 Å². The van der Waals surface area contributed by atoms with Crippen molar-refractivity contribution in [2.45, 2.75) is 44.3 Å². The van der Waals surface area contributed by atoms with Crippen molar-refractivity contribution in [2.24, 2.45) is 0 Å². The van der Waals surface area contributed by atoms with E-state index in [-0.39, 0.29) is 11.9 Å². The van der Waals surface area contributed by atoms with Gasteiger partial charge in [-0.2, -0.15) is 13.2 Å². The minimum absolute atomic E-state index is 0.192. The van der Waals surface area contributed by atoms with E-state index in [1.165, 1.54) is 24.6 Å². The van der Waals surface area contributed by atoms with E-state index in [2.05, 4.69) is 5.32 Å². The molecule has 0 unspecified atom stereocenters. The molecule has 2 rings (SSSR count). The molecule has 1 amide bonds.